The molecule has 7 nitrogen and oxygen atoms in total. The van der Waals surface area contributed by atoms with Crippen LogP contribution in [-0.2, 0) is 11.2 Å². The highest BCUT2D eigenvalue weighted by molar-refractivity contribution is 6.02. The van der Waals surface area contributed by atoms with E-state index in [4.69, 9.17) is 5.11 Å². The fourth-order valence-corrected chi connectivity index (χ4v) is 1.56. The molecule has 7 heteroatoms. The minimum Gasteiger partial charge on any atom is -0.481 e. The number of H-pyrrole nitrogens is 1. The maximum Gasteiger partial charge on any atom is 0.303 e. The fraction of sp³-hybridized carbons (Fsp3) is 0.167. The lowest BCUT2D eigenvalue weighted by atomic mass is 10.1. The van der Waals surface area contributed by atoms with Gasteiger partial charge in [-0.3, -0.25) is 9.59 Å². The van der Waals surface area contributed by atoms with E-state index in [1.807, 2.05) is 6.07 Å². The van der Waals surface area contributed by atoms with Crippen LogP contribution in [0.25, 0.3) is 0 Å². The number of rotatable bonds is 5. The van der Waals surface area contributed by atoms with Gasteiger partial charge in [-0.15, -0.1) is 0 Å². The lowest BCUT2D eigenvalue weighted by molar-refractivity contribution is -0.136. The Hall–Kier alpha value is -2.70. The number of hydrogen-bond acceptors (Lipinski definition) is 4. The summed E-state index contributed by atoms with van der Waals surface area (Å²) in [6.45, 7) is 0. The van der Waals surface area contributed by atoms with Crippen molar-refractivity contribution in [3.63, 3.8) is 0 Å². The molecule has 2 aromatic rings. The molecule has 0 saturated heterocycles. The van der Waals surface area contributed by atoms with Crippen LogP contribution < -0.4 is 5.32 Å². The van der Waals surface area contributed by atoms with E-state index in [9.17, 15) is 9.59 Å². The van der Waals surface area contributed by atoms with Gasteiger partial charge in [-0.25, -0.2) is 0 Å². The summed E-state index contributed by atoms with van der Waals surface area (Å²) in [5, 5.41) is 20.9. The van der Waals surface area contributed by atoms with Gasteiger partial charge in [-0.05, 0) is 24.1 Å². The Morgan fingerprint density at radius 1 is 1.37 bits per heavy atom. The lowest BCUT2D eigenvalue weighted by Crippen LogP contribution is -2.12. The Bertz CT molecular complexity index is 580. The predicted octanol–water partition coefficient (Wildman–Crippen LogP) is 1.07. The van der Waals surface area contributed by atoms with Crippen LogP contribution in [0.3, 0.4) is 0 Å². The molecule has 1 aromatic carbocycles. The highest BCUT2D eigenvalue weighted by atomic mass is 16.4. The Kier molecular flexibility index (Phi) is 3.87. The number of aromatic nitrogens is 3. The minimum atomic E-state index is -0.850. The van der Waals surface area contributed by atoms with Crippen molar-refractivity contribution in [2.45, 2.75) is 12.8 Å². The summed E-state index contributed by atoms with van der Waals surface area (Å²) in [6, 6.07) is 7.04. The summed E-state index contributed by atoms with van der Waals surface area (Å²) in [5.41, 5.74) is 1.63. The number of aliphatic carboxylic acids is 1. The number of carbonyl (C=O) groups excluding carboxylic acids is 1. The van der Waals surface area contributed by atoms with E-state index < -0.39 is 5.97 Å². The number of benzene rings is 1. The van der Waals surface area contributed by atoms with E-state index in [-0.39, 0.29) is 18.0 Å². The van der Waals surface area contributed by atoms with Crippen molar-refractivity contribution in [3.8, 4) is 0 Å². The molecule has 0 saturated carbocycles. The van der Waals surface area contributed by atoms with Crippen LogP contribution >= 0.6 is 0 Å². The zero-order valence-corrected chi connectivity index (χ0v) is 9.96. The number of carboxylic acid groups (broad SMARTS) is 1. The van der Waals surface area contributed by atoms with Crippen molar-refractivity contribution in [1.29, 1.82) is 0 Å². The summed E-state index contributed by atoms with van der Waals surface area (Å²) in [4.78, 5) is 22.2. The third-order valence-corrected chi connectivity index (χ3v) is 2.46. The highest BCUT2D eigenvalue weighted by Gasteiger charge is 2.09. The smallest absolute Gasteiger partial charge is 0.303 e. The van der Waals surface area contributed by atoms with Crippen LogP contribution in [-0.4, -0.2) is 32.4 Å². The first-order chi connectivity index (χ1) is 9.15. The van der Waals surface area contributed by atoms with E-state index >= 15 is 0 Å². The molecular weight excluding hydrogens is 248 g/mol. The lowest BCUT2D eigenvalue weighted by Gasteiger charge is -2.05. The van der Waals surface area contributed by atoms with Crippen LogP contribution in [0.1, 0.15) is 22.5 Å². The average Bonchev–Trinajstić information content (AvgIpc) is 2.91. The summed E-state index contributed by atoms with van der Waals surface area (Å²) in [5.74, 6) is -1.22. The number of nitrogens with zero attached hydrogens (tertiary/aromatic N) is 2. The first-order valence-electron chi connectivity index (χ1n) is 5.63. The second-order valence-electron chi connectivity index (χ2n) is 3.90. The topological polar surface area (TPSA) is 108 Å². The van der Waals surface area contributed by atoms with Crippen LogP contribution in [0.15, 0.2) is 30.5 Å². The molecule has 98 valence electrons. The number of carboxylic acids is 1. The molecule has 3 N–H and O–H groups in total. The van der Waals surface area contributed by atoms with E-state index in [1.165, 1.54) is 6.20 Å². The van der Waals surface area contributed by atoms with Crippen LogP contribution in [0.4, 0.5) is 5.69 Å². The van der Waals surface area contributed by atoms with Crippen LogP contribution in [0, 0.1) is 0 Å². The number of aromatic amines is 1. The number of anilines is 1. The number of hydrogen-bond donors (Lipinski definition) is 3. The average molecular weight is 260 g/mol. The molecule has 0 unspecified atom stereocenters. The van der Waals surface area contributed by atoms with E-state index in [1.54, 1.807) is 18.2 Å². The third kappa shape index (κ3) is 3.63. The maximum atomic E-state index is 11.7. The first kappa shape index (κ1) is 12.7. The molecule has 0 aliphatic carbocycles. The molecule has 0 aliphatic rings. The Balaban J connectivity index is 2.02. The van der Waals surface area contributed by atoms with Crippen LogP contribution in [0.2, 0.25) is 0 Å². The fourth-order valence-electron chi connectivity index (χ4n) is 1.56. The van der Waals surface area contributed by atoms with Crippen molar-refractivity contribution in [1.82, 2.24) is 15.4 Å². The van der Waals surface area contributed by atoms with Gasteiger partial charge in [-0.1, -0.05) is 12.1 Å². The normalized spacial score (nSPS) is 10.1. The third-order valence-electron chi connectivity index (χ3n) is 2.46. The molecule has 1 aromatic heterocycles. The molecule has 19 heavy (non-hydrogen) atoms. The minimum absolute atomic E-state index is 0.0562. The molecule has 0 bridgehead atoms. The molecule has 0 aliphatic heterocycles. The molecule has 0 radical (unpaired) electrons. The van der Waals surface area contributed by atoms with Gasteiger partial charge in [0.05, 0.1) is 6.20 Å². The van der Waals surface area contributed by atoms with Crippen LogP contribution in [0.5, 0.6) is 0 Å². The molecule has 0 spiro atoms. The van der Waals surface area contributed by atoms with Crippen molar-refractivity contribution in [3.05, 3.63) is 41.7 Å². The molecule has 1 amide bonds. The number of carbonyl (C=O) groups is 2. The maximum absolute atomic E-state index is 11.7. The molecular formula is C12H12N4O3. The summed E-state index contributed by atoms with van der Waals surface area (Å²) < 4.78 is 0. The van der Waals surface area contributed by atoms with E-state index in [2.05, 4.69) is 20.7 Å². The van der Waals surface area contributed by atoms with Crippen molar-refractivity contribution < 1.29 is 14.7 Å². The Morgan fingerprint density at radius 3 is 2.89 bits per heavy atom. The second kappa shape index (κ2) is 5.76. The highest BCUT2D eigenvalue weighted by Crippen LogP contribution is 2.13. The number of amides is 1. The predicted molar refractivity (Wildman–Crippen MR) is 66.7 cm³/mol. The van der Waals surface area contributed by atoms with E-state index in [0.717, 1.165) is 5.56 Å². The Labute approximate surface area is 108 Å². The van der Waals surface area contributed by atoms with E-state index in [0.29, 0.717) is 12.1 Å². The van der Waals surface area contributed by atoms with Crippen molar-refractivity contribution in [2.75, 3.05) is 5.32 Å². The molecule has 0 atom stereocenters. The van der Waals surface area contributed by atoms with Gasteiger partial charge >= 0.3 is 5.97 Å². The monoisotopic (exact) mass is 260 g/mol. The van der Waals surface area contributed by atoms with Gasteiger partial charge < -0.3 is 10.4 Å². The summed E-state index contributed by atoms with van der Waals surface area (Å²) >= 11 is 0. The summed E-state index contributed by atoms with van der Waals surface area (Å²) in [7, 11) is 0. The SMILES string of the molecule is O=C(O)CCc1cccc(NC(=O)c2cn[nH]n2)c1. The first-order valence-corrected chi connectivity index (χ1v) is 5.63. The number of nitrogens with one attached hydrogen (secondary N) is 2. The molecule has 2 rings (SSSR count). The molecule has 1 heterocycles. The molecule has 0 fully saturated rings. The number of aryl methyl sites for hydroxylation is 1. The zero-order valence-electron chi connectivity index (χ0n) is 9.96. The van der Waals surface area contributed by atoms with Gasteiger partial charge in [0.2, 0.25) is 0 Å². The second-order valence-corrected chi connectivity index (χ2v) is 3.90. The largest absolute Gasteiger partial charge is 0.481 e. The zero-order chi connectivity index (χ0) is 13.7. The van der Waals surface area contributed by atoms with Gasteiger partial charge in [0, 0.05) is 12.1 Å². The van der Waals surface area contributed by atoms with Gasteiger partial charge in [0.1, 0.15) is 0 Å². The van der Waals surface area contributed by atoms with Crippen molar-refractivity contribution >= 4 is 17.6 Å². The van der Waals surface area contributed by atoms with Gasteiger partial charge in [-0.2, -0.15) is 15.4 Å². The van der Waals surface area contributed by atoms with Crippen molar-refractivity contribution in [2.24, 2.45) is 0 Å². The Morgan fingerprint density at radius 2 is 2.21 bits per heavy atom. The summed E-state index contributed by atoms with van der Waals surface area (Å²) in [6.07, 6.45) is 1.80. The van der Waals surface area contributed by atoms with Gasteiger partial charge in [0.15, 0.2) is 5.69 Å². The van der Waals surface area contributed by atoms with Gasteiger partial charge in [0.25, 0.3) is 5.91 Å². The standard InChI is InChI=1S/C12H12N4O3/c17-11(18)5-4-8-2-1-3-9(6-8)14-12(19)10-7-13-16-15-10/h1-3,6-7H,4-5H2,(H,14,19)(H,17,18)(H,13,15,16). The quantitative estimate of drug-likeness (QED) is 0.745.